The molecule has 2 aliphatic carbocycles. The van der Waals surface area contributed by atoms with Crippen molar-refractivity contribution in [3.05, 3.63) is 53.1 Å². The van der Waals surface area contributed by atoms with Crippen molar-refractivity contribution in [1.29, 1.82) is 0 Å². The average Bonchev–Trinajstić information content (AvgIpc) is 3.54. The van der Waals surface area contributed by atoms with E-state index >= 15 is 0 Å². The SMILES string of the molecule is COc1ccc2c(c1)C1CC1(C(=O)O)Cn1c-2c(C2CCCCC2)c2ccc(C(=O)NO)cc21. The molecule has 2 aromatic carbocycles. The van der Waals surface area contributed by atoms with Crippen molar-refractivity contribution in [2.24, 2.45) is 5.41 Å². The summed E-state index contributed by atoms with van der Waals surface area (Å²) in [6.07, 6.45) is 6.38. The van der Waals surface area contributed by atoms with Gasteiger partial charge in [-0.2, -0.15) is 0 Å². The van der Waals surface area contributed by atoms with Crippen LogP contribution in [-0.2, 0) is 11.3 Å². The van der Waals surface area contributed by atoms with Crippen LogP contribution in [0.2, 0.25) is 0 Å². The standard InChI is InChI=1S/C27H28N2O5/c1-34-17-8-10-18-20(12-17)21-13-27(21,26(31)32)14-29-22-11-16(25(30)28-33)7-9-19(22)23(24(18)29)15-5-3-2-4-6-15/h7-12,15,21,33H,2-6,13-14H2,1H3,(H,28,30)(H,31,32). The molecule has 2 saturated carbocycles. The van der Waals surface area contributed by atoms with E-state index in [0.29, 0.717) is 24.4 Å². The number of aliphatic carboxylic acids is 1. The van der Waals surface area contributed by atoms with Crippen LogP contribution in [0.25, 0.3) is 22.2 Å². The number of rotatable bonds is 4. The fraction of sp³-hybridized carbons (Fsp3) is 0.407. The number of aromatic nitrogens is 1. The molecule has 1 aromatic heterocycles. The summed E-state index contributed by atoms with van der Waals surface area (Å²) in [6.45, 7) is 0.354. The predicted octanol–water partition coefficient (Wildman–Crippen LogP) is 5.06. The molecular weight excluding hydrogens is 432 g/mol. The summed E-state index contributed by atoms with van der Waals surface area (Å²) in [6, 6.07) is 11.5. The van der Waals surface area contributed by atoms with Crippen LogP contribution in [-0.4, -0.2) is 33.9 Å². The zero-order chi connectivity index (χ0) is 23.6. The number of nitrogens with zero attached hydrogens (tertiary/aromatic N) is 1. The van der Waals surface area contributed by atoms with Crippen LogP contribution in [0.3, 0.4) is 0 Å². The molecule has 6 rings (SSSR count). The molecule has 3 N–H and O–H groups in total. The van der Waals surface area contributed by atoms with Crippen LogP contribution in [0.4, 0.5) is 0 Å². The number of carboxylic acid groups (broad SMARTS) is 1. The largest absolute Gasteiger partial charge is 0.497 e. The molecular formula is C27H28N2O5. The summed E-state index contributed by atoms with van der Waals surface area (Å²) < 4.78 is 7.65. The molecule has 0 radical (unpaired) electrons. The van der Waals surface area contributed by atoms with E-state index in [0.717, 1.165) is 46.3 Å². The van der Waals surface area contributed by atoms with Gasteiger partial charge in [0.1, 0.15) is 5.75 Å². The maximum absolute atomic E-state index is 12.6. The molecule has 2 fully saturated rings. The molecule has 2 atom stereocenters. The third-order valence-corrected chi connectivity index (χ3v) is 8.31. The van der Waals surface area contributed by atoms with Crippen molar-refractivity contribution in [3.63, 3.8) is 0 Å². The second-order valence-corrected chi connectivity index (χ2v) is 10.0. The predicted molar refractivity (Wildman–Crippen MR) is 126 cm³/mol. The number of carbonyl (C=O) groups excluding carboxylic acids is 1. The molecule has 1 aliphatic heterocycles. The highest BCUT2D eigenvalue weighted by Gasteiger charge is 2.63. The fourth-order valence-corrected chi connectivity index (χ4v) is 6.49. The Bertz CT molecular complexity index is 1340. The maximum atomic E-state index is 12.6. The van der Waals surface area contributed by atoms with Gasteiger partial charge in [0.2, 0.25) is 0 Å². The van der Waals surface area contributed by atoms with Gasteiger partial charge >= 0.3 is 5.97 Å². The van der Waals surface area contributed by atoms with Crippen LogP contribution in [0, 0.1) is 5.41 Å². The van der Waals surface area contributed by atoms with Crippen LogP contribution >= 0.6 is 0 Å². The summed E-state index contributed by atoms with van der Waals surface area (Å²) in [5.74, 6) is -0.323. The van der Waals surface area contributed by atoms with Gasteiger partial charge in [-0.15, -0.1) is 0 Å². The van der Waals surface area contributed by atoms with Gasteiger partial charge < -0.3 is 14.4 Å². The Morgan fingerprint density at radius 2 is 1.91 bits per heavy atom. The Morgan fingerprint density at radius 1 is 1.12 bits per heavy atom. The number of hydrogen-bond donors (Lipinski definition) is 3. The zero-order valence-electron chi connectivity index (χ0n) is 19.1. The minimum Gasteiger partial charge on any atom is -0.497 e. The van der Waals surface area contributed by atoms with E-state index < -0.39 is 17.3 Å². The Hall–Kier alpha value is -3.32. The van der Waals surface area contributed by atoms with Gasteiger partial charge in [0.15, 0.2) is 0 Å². The van der Waals surface area contributed by atoms with E-state index in [1.54, 1.807) is 24.7 Å². The van der Waals surface area contributed by atoms with Crippen molar-refractivity contribution in [2.45, 2.75) is 56.9 Å². The molecule has 1 amide bonds. The number of hydroxylamine groups is 1. The molecule has 34 heavy (non-hydrogen) atoms. The van der Waals surface area contributed by atoms with Gasteiger partial charge in [0.25, 0.3) is 5.91 Å². The average molecular weight is 461 g/mol. The molecule has 0 bridgehead atoms. The van der Waals surface area contributed by atoms with Gasteiger partial charge in [-0.3, -0.25) is 14.8 Å². The van der Waals surface area contributed by atoms with Crippen molar-refractivity contribution >= 4 is 22.8 Å². The smallest absolute Gasteiger partial charge is 0.312 e. The Morgan fingerprint density at radius 3 is 2.62 bits per heavy atom. The molecule has 7 nitrogen and oxygen atoms in total. The van der Waals surface area contributed by atoms with Crippen molar-refractivity contribution in [3.8, 4) is 17.0 Å². The van der Waals surface area contributed by atoms with Gasteiger partial charge in [-0.1, -0.05) is 25.3 Å². The number of carbonyl (C=O) groups is 2. The first-order valence-electron chi connectivity index (χ1n) is 12.0. The topological polar surface area (TPSA) is 101 Å². The number of amides is 1. The van der Waals surface area contributed by atoms with Crippen molar-refractivity contribution in [2.75, 3.05) is 7.11 Å². The normalized spacial score (nSPS) is 23.4. The Balaban J connectivity index is 1.69. The van der Waals surface area contributed by atoms with Crippen molar-refractivity contribution < 1.29 is 24.6 Å². The molecule has 176 valence electrons. The summed E-state index contributed by atoms with van der Waals surface area (Å²) in [7, 11) is 1.63. The third-order valence-electron chi connectivity index (χ3n) is 8.31. The minimum atomic E-state index is -0.878. The fourth-order valence-electron chi connectivity index (χ4n) is 6.49. The van der Waals surface area contributed by atoms with Crippen LogP contribution in [0.15, 0.2) is 36.4 Å². The number of nitrogens with one attached hydrogen (secondary N) is 1. The van der Waals surface area contributed by atoms with Gasteiger partial charge in [0.05, 0.1) is 18.2 Å². The number of hydrogen-bond acceptors (Lipinski definition) is 4. The number of fused-ring (bicyclic) bond motifs is 7. The Kier molecular flexibility index (Phi) is 4.74. The van der Waals surface area contributed by atoms with E-state index in [9.17, 15) is 19.9 Å². The summed E-state index contributed by atoms with van der Waals surface area (Å²) >= 11 is 0. The van der Waals surface area contributed by atoms with Crippen molar-refractivity contribution in [1.82, 2.24) is 10.0 Å². The highest BCUT2D eigenvalue weighted by Crippen LogP contribution is 2.65. The van der Waals surface area contributed by atoms with Gasteiger partial charge in [0, 0.05) is 34.5 Å². The second kappa shape index (κ2) is 7.60. The van der Waals surface area contributed by atoms with E-state index in [1.165, 1.54) is 24.8 Å². The zero-order valence-corrected chi connectivity index (χ0v) is 19.1. The summed E-state index contributed by atoms with van der Waals surface area (Å²) in [4.78, 5) is 24.8. The molecule has 3 aromatic rings. The minimum absolute atomic E-state index is 0.0758. The lowest BCUT2D eigenvalue weighted by molar-refractivity contribution is -0.144. The second-order valence-electron chi connectivity index (χ2n) is 10.0. The van der Waals surface area contributed by atoms with Crippen LogP contribution < -0.4 is 10.2 Å². The number of carboxylic acids is 1. The number of methoxy groups -OCH3 is 1. The van der Waals surface area contributed by atoms with Gasteiger partial charge in [-0.05, 0) is 66.6 Å². The molecule has 2 unspecified atom stereocenters. The number of benzene rings is 2. The first kappa shape index (κ1) is 21.2. The molecule has 0 spiro atoms. The third kappa shape index (κ3) is 2.92. The monoisotopic (exact) mass is 460 g/mol. The summed E-state index contributed by atoms with van der Waals surface area (Å²) in [5.41, 5.74) is 6.49. The summed E-state index contributed by atoms with van der Waals surface area (Å²) in [5, 5.41) is 20.6. The number of ether oxygens (including phenoxy) is 1. The van der Waals surface area contributed by atoms with E-state index in [4.69, 9.17) is 4.74 Å². The molecule has 0 saturated heterocycles. The maximum Gasteiger partial charge on any atom is 0.312 e. The molecule has 7 heteroatoms. The Labute approximate surface area is 197 Å². The molecule has 2 heterocycles. The van der Waals surface area contributed by atoms with Crippen LogP contribution in [0.5, 0.6) is 5.75 Å². The first-order chi connectivity index (χ1) is 16.5. The first-order valence-corrected chi connectivity index (χ1v) is 12.0. The lowest BCUT2D eigenvalue weighted by Gasteiger charge is -2.24. The van der Waals surface area contributed by atoms with Crippen LogP contribution in [0.1, 0.15) is 71.8 Å². The van der Waals surface area contributed by atoms with E-state index in [2.05, 4.69) is 10.6 Å². The molecule has 3 aliphatic rings. The van der Waals surface area contributed by atoms with E-state index in [-0.39, 0.29) is 5.92 Å². The highest BCUT2D eigenvalue weighted by molar-refractivity contribution is 6.01. The highest BCUT2D eigenvalue weighted by atomic mass is 16.5. The lowest BCUT2D eigenvalue weighted by atomic mass is 9.81. The quantitative estimate of drug-likeness (QED) is 0.373. The van der Waals surface area contributed by atoms with E-state index in [1.807, 2.05) is 18.2 Å². The van der Waals surface area contributed by atoms with Gasteiger partial charge in [-0.25, -0.2) is 5.48 Å². The lowest BCUT2D eigenvalue weighted by Crippen LogP contribution is -2.23.